The van der Waals surface area contributed by atoms with Gasteiger partial charge in [0.2, 0.25) is 5.91 Å². The van der Waals surface area contributed by atoms with Gasteiger partial charge in [0, 0.05) is 40.0 Å². The Morgan fingerprint density at radius 1 is 0.354 bits per heavy atom. The van der Waals surface area contributed by atoms with Crippen LogP contribution in [0.25, 0.3) is 0 Å². The molecule has 1 unspecified atom stereocenters. The number of carbonyl (C=O) groups excluding carboxylic acids is 5. The van der Waals surface area contributed by atoms with E-state index in [1.54, 1.807) is 41.5 Å². The van der Waals surface area contributed by atoms with Gasteiger partial charge in [-0.2, -0.15) is 0 Å². The molecule has 3 amide bonds. The fraction of sp³-hybridized carbons (Fsp3) is 0.883. The van der Waals surface area contributed by atoms with E-state index in [1.165, 1.54) is 198 Å². The van der Waals surface area contributed by atoms with Crippen molar-refractivity contribution in [3.63, 3.8) is 0 Å². The van der Waals surface area contributed by atoms with Crippen LogP contribution in [-0.2, 0) is 66.5 Å². The molecule has 0 spiro atoms. The molecule has 96 heavy (non-hydrogen) atoms. The lowest BCUT2D eigenvalue weighted by molar-refractivity contribution is -0.147. The first kappa shape index (κ1) is 92.2. The average molecular weight is 1370 g/mol. The summed E-state index contributed by atoms with van der Waals surface area (Å²) in [6.07, 6.45) is 50.7. The highest BCUT2D eigenvalue weighted by Gasteiger charge is 2.27. The van der Waals surface area contributed by atoms with Crippen molar-refractivity contribution in [2.24, 2.45) is 0 Å². The van der Waals surface area contributed by atoms with Crippen LogP contribution < -0.4 is 0 Å². The molecule has 0 aliphatic carbocycles. The normalized spacial score (nSPS) is 12.2. The number of rotatable bonds is 69. The maximum absolute atomic E-state index is 13.9. The van der Waals surface area contributed by atoms with E-state index < -0.39 is 48.4 Å². The predicted molar refractivity (Wildman–Crippen MR) is 387 cm³/mol. The Hall–Kier alpha value is -3.85. The minimum Gasteiger partial charge on any atom is -0.462 e. The Bertz CT molecular complexity index is 1860. The van der Waals surface area contributed by atoms with Crippen molar-refractivity contribution in [2.75, 3.05) is 139 Å². The third kappa shape index (κ3) is 64.8. The minimum atomic E-state index is -0.855. The quantitative estimate of drug-likeness (QED) is 0.0241. The highest BCUT2D eigenvalue weighted by atomic mass is 16.6. The van der Waals surface area contributed by atoms with Gasteiger partial charge in [-0.05, 0) is 112 Å². The van der Waals surface area contributed by atoms with Gasteiger partial charge >= 0.3 is 24.1 Å². The minimum absolute atomic E-state index is 0.0649. The maximum atomic E-state index is 13.9. The van der Waals surface area contributed by atoms with E-state index in [-0.39, 0.29) is 64.6 Å². The van der Waals surface area contributed by atoms with E-state index in [1.807, 2.05) is 4.90 Å². The predicted octanol–water partition coefficient (Wildman–Crippen LogP) is 17.3. The van der Waals surface area contributed by atoms with Crippen LogP contribution in [0, 0.1) is 0 Å². The van der Waals surface area contributed by atoms with Crippen LogP contribution in [0.1, 0.15) is 287 Å². The highest BCUT2D eigenvalue weighted by Crippen LogP contribution is 2.17. The number of hydrogen-bond donors (Lipinski definition) is 0. The van der Waals surface area contributed by atoms with Crippen molar-refractivity contribution >= 4 is 30.0 Å². The van der Waals surface area contributed by atoms with E-state index >= 15 is 0 Å². The van der Waals surface area contributed by atoms with Gasteiger partial charge in [0.15, 0.2) is 0 Å². The van der Waals surface area contributed by atoms with Gasteiger partial charge in [0.05, 0.1) is 85.1 Å². The monoisotopic (exact) mass is 1370 g/mol. The van der Waals surface area contributed by atoms with Crippen molar-refractivity contribution in [1.29, 1.82) is 0 Å². The maximum Gasteiger partial charge on any atom is 0.410 e. The SMILES string of the molecule is CCCCCCCC/C=C\CCCCCCCCOCC(CN(CCCCCCCC)C(=O)CCOCCOCCOCCOCCOC(=O)CN(CCOC(=O)CN(CCOC)C(=O)OC(C)(C)C)C(=O)OC(C)(C)C)OCCCCCCCC/C=C\CCCCCCCC. The second-order valence-corrected chi connectivity index (χ2v) is 27.5. The number of allylic oxidation sites excluding steroid dienone is 4. The van der Waals surface area contributed by atoms with Crippen molar-refractivity contribution < 1.29 is 76.1 Å². The topological polar surface area (TPSA) is 197 Å². The smallest absolute Gasteiger partial charge is 0.410 e. The number of hydrogen-bond acceptors (Lipinski definition) is 16. The van der Waals surface area contributed by atoms with Crippen LogP contribution in [0.3, 0.4) is 0 Å². The van der Waals surface area contributed by atoms with Crippen LogP contribution in [-0.4, -0.2) is 201 Å². The Labute approximate surface area is 585 Å². The molecule has 564 valence electrons. The molecule has 0 aliphatic heterocycles. The molecule has 0 bridgehead atoms. The van der Waals surface area contributed by atoms with Crippen molar-refractivity contribution in [3.05, 3.63) is 24.3 Å². The van der Waals surface area contributed by atoms with Gasteiger partial charge in [0.25, 0.3) is 0 Å². The van der Waals surface area contributed by atoms with Gasteiger partial charge in [-0.3, -0.25) is 24.2 Å². The largest absolute Gasteiger partial charge is 0.462 e. The molecule has 0 aromatic carbocycles. The van der Waals surface area contributed by atoms with Crippen molar-refractivity contribution in [2.45, 2.75) is 304 Å². The molecule has 0 fully saturated rings. The van der Waals surface area contributed by atoms with E-state index in [2.05, 4.69) is 45.1 Å². The lowest BCUT2D eigenvalue weighted by atomic mass is 10.1. The summed E-state index contributed by atoms with van der Waals surface area (Å²) in [6.45, 7) is 21.4. The van der Waals surface area contributed by atoms with Crippen LogP contribution >= 0.6 is 0 Å². The second kappa shape index (κ2) is 67.0. The number of ether oxygens (including phenoxy) is 11. The number of unbranched alkanes of at least 4 members (excludes halogenated alkanes) is 29. The standard InChI is InChI=1S/C77H145N3O16/c1-11-14-17-20-23-25-27-29-31-33-35-37-39-41-44-47-53-91-69-70(92-54-48-45-42-40-38-36-34-32-30-28-26-24-21-18-15-12-2)66-78(50-46-43-22-19-16-13-3)71(81)49-55-87-58-59-88-60-61-89-62-63-90-64-65-94-73(83)68-80(75(85)96-77(7,8)9)52-57-93-72(82)67-79(51-56-86-10)74(84)95-76(4,5)6/h29-32,70H,11-28,33-69H2,1-10H3/b31-29-,32-30-. The van der Waals surface area contributed by atoms with E-state index in [9.17, 15) is 24.0 Å². The third-order valence-electron chi connectivity index (χ3n) is 15.9. The molecule has 0 saturated heterocycles. The summed E-state index contributed by atoms with van der Waals surface area (Å²) in [7, 11) is 1.47. The number of nitrogens with zero attached hydrogens (tertiary/aromatic N) is 3. The van der Waals surface area contributed by atoms with Crippen molar-refractivity contribution in [1.82, 2.24) is 14.7 Å². The van der Waals surface area contributed by atoms with Crippen molar-refractivity contribution in [3.8, 4) is 0 Å². The Morgan fingerprint density at radius 2 is 0.708 bits per heavy atom. The Balaban J connectivity index is 4.97. The number of carbonyl (C=O) groups is 5. The second-order valence-electron chi connectivity index (χ2n) is 27.5. The third-order valence-corrected chi connectivity index (χ3v) is 15.9. The molecule has 0 radical (unpaired) electrons. The fourth-order valence-corrected chi connectivity index (χ4v) is 10.4. The Kier molecular flexibility index (Phi) is 64.3. The van der Waals surface area contributed by atoms with E-state index in [0.29, 0.717) is 72.6 Å². The summed E-state index contributed by atoms with van der Waals surface area (Å²) >= 11 is 0. The molecule has 19 heteroatoms. The van der Waals surface area contributed by atoms with Crippen LogP contribution in [0.2, 0.25) is 0 Å². The van der Waals surface area contributed by atoms with Gasteiger partial charge in [-0.1, -0.05) is 193 Å². The molecule has 1 atom stereocenters. The van der Waals surface area contributed by atoms with E-state index in [4.69, 9.17) is 52.1 Å². The van der Waals surface area contributed by atoms with Crippen LogP contribution in [0.5, 0.6) is 0 Å². The molecule has 0 saturated carbocycles. The zero-order valence-electron chi connectivity index (χ0n) is 63.2. The number of methoxy groups -OCH3 is 1. The van der Waals surface area contributed by atoms with Gasteiger partial charge < -0.3 is 57.0 Å². The molecule has 0 aromatic heterocycles. The molecule has 0 N–H and O–H groups in total. The lowest BCUT2D eigenvalue weighted by Gasteiger charge is -2.28. The number of esters is 2. The zero-order valence-corrected chi connectivity index (χ0v) is 63.2. The summed E-state index contributed by atoms with van der Waals surface area (Å²) in [5, 5.41) is 0. The zero-order chi connectivity index (χ0) is 70.7. The Morgan fingerprint density at radius 3 is 1.12 bits per heavy atom. The fourth-order valence-electron chi connectivity index (χ4n) is 10.4. The molecule has 0 aliphatic rings. The van der Waals surface area contributed by atoms with Gasteiger partial charge in [-0.25, -0.2) is 9.59 Å². The molecular formula is C77H145N3O16. The van der Waals surface area contributed by atoms with Gasteiger partial charge in [-0.15, -0.1) is 0 Å². The molecule has 0 heterocycles. The average Bonchev–Trinajstić information content (AvgIpc) is 1.16. The molecule has 0 aromatic rings. The lowest BCUT2D eigenvalue weighted by Crippen LogP contribution is -2.43. The van der Waals surface area contributed by atoms with Gasteiger partial charge in [0.1, 0.15) is 37.5 Å². The summed E-state index contributed by atoms with van der Waals surface area (Å²) in [4.78, 5) is 69.3. The van der Waals surface area contributed by atoms with Crippen LogP contribution in [0.15, 0.2) is 24.3 Å². The summed E-state index contributed by atoms with van der Waals surface area (Å²) in [5.41, 5.74) is -1.63. The number of amides is 3. The molecular weight excluding hydrogens is 1220 g/mol. The summed E-state index contributed by atoms with van der Waals surface area (Å²) in [6, 6.07) is 0. The summed E-state index contributed by atoms with van der Waals surface area (Å²) < 4.78 is 62.3. The first-order valence-electron chi connectivity index (χ1n) is 38.3. The first-order chi connectivity index (χ1) is 46.5. The van der Waals surface area contributed by atoms with E-state index in [0.717, 1.165) is 37.0 Å². The highest BCUT2D eigenvalue weighted by molar-refractivity contribution is 5.79. The molecule has 19 nitrogen and oxygen atoms in total. The molecule has 0 rings (SSSR count). The summed E-state index contributed by atoms with van der Waals surface area (Å²) in [5.74, 6) is -1.36. The first-order valence-corrected chi connectivity index (χ1v) is 38.3. The van der Waals surface area contributed by atoms with Crippen LogP contribution in [0.4, 0.5) is 9.59 Å².